The minimum absolute atomic E-state index is 0.0491. The highest BCUT2D eigenvalue weighted by atomic mass is 32.3. The molecule has 0 spiro atoms. The molecule has 4 rings (SSSR count). The number of nitrogens with zero attached hydrogens (tertiary/aromatic N) is 6. The summed E-state index contributed by atoms with van der Waals surface area (Å²) in [6.45, 7) is 6.40. The average Bonchev–Trinajstić information content (AvgIpc) is 3.37. The van der Waals surface area contributed by atoms with Crippen molar-refractivity contribution in [3.63, 3.8) is 0 Å². The second kappa shape index (κ2) is 8.50. The second-order valence-electron chi connectivity index (χ2n) is 10.0. The number of aromatic nitrogens is 5. The maximum atomic E-state index is 13.7. The number of fused-ring (bicyclic) bond motifs is 1. The Morgan fingerprint density at radius 2 is 1.80 bits per heavy atom. The Morgan fingerprint density at radius 3 is 2.34 bits per heavy atom. The minimum atomic E-state index is -4.62. The molecule has 0 bridgehead atoms. The van der Waals surface area contributed by atoms with Crippen LogP contribution in [0.1, 0.15) is 52.3 Å². The van der Waals surface area contributed by atoms with Gasteiger partial charge in [-0.05, 0) is 37.0 Å². The molecule has 1 aliphatic carbocycles. The van der Waals surface area contributed by atoms with Crippen molar-refractivity contribution in [3.05, 3.63) is 36.7 Å². The SMILES string of the molecule is CC(C)(C)c1nc2cc(N(S(C)(=O)=O)S(=O)(=O)n3cncn3)ccc2n1CC1CCC(F)(F)CC1. The summed E-state index contributed by atoms with van der Waals surface area (Å²) in [7, 11) is -8.90. The normalized spacial score (nSPS) is 17.7. The van der Waals surface area contributed by atoms with Gasteiger partial charge in [0, 0.05) is 24.8 Å². The lowest BCUT2D eigenvalue weighted by molar-refractivity contribution is -0.0473. The Hall–Kier alpha value is -2.61. The summed E-state index contributed by atoms with van der Waals surface area (Å²) in [6.07, 6.45) is 3.15. The molecule has 2 aromatic heterocycles. The third-order valence-electron chi connectivity index (χ3n) is 6.04. The minimum Gasteiger partial charge on any atom is -0.327 e. The Balaban J connectivity index is 1.80. The highest BCUT2D eigenvalue weighted by Gasteiger charge is 2.37. The van der Waals surface area contributed by atoms with Crippen LogP contribution in [0.15, 0.2) is 30.9 Å². The molecule has 3 aromatic rings. The van der Waals surface area contributed by atoms with E-state index in [2.05, 4.69) is 10.1 Å². The van der Waals surface area contributed by atoms with E-state index in [1.54, 1.807) is 6.07 Å². The maximum Gasteiger partial charge on any atom is 0.360 e. The van der Waals surface area contributed by atoms with Crippen molar-refractivity contribution < 1.29 is 25.6 Å². The molecule has 1 aromatic carbocycles. The number of halogens is 2. The van der Waals surface area contributed by atoms with E-state index >= 15 is 0 Å². The van der Waals surface area contributed by atoms with Crippen LogP contribution in [0.4, 0.5) is 14.5 Å². The van der Waals surface area contributed by atoms with Gasteiger partial charge in [0.1, 0.15) is 18.5 Å². The van der Waals surface area contributed by atoms with Gasteiger partial charge in [-0.1, -0.05) is 20.8 Å². The van der Waals surface area contributed by atoms with Crippen molar-refractivity contribution in [2.24, 2.45) is 5.92 Å². The molecule has 0 amide bonds. The molecule has 0 radical (unpaired) electrons. The molecule has 0 atom stereocenters. The first-order valence-electron chi connectivity index (χ1n) is 11.1. The lowest BCUT2D eigenvalue weighted by Crippen LogP contribution is -2.40. The van der Waals surface area contributed by atoms with E-state index in [1.807, 2.05) is 25.3 Å². The summed E-state index contributed by atoms with van der Waals surface area (Å²) in [5.74, 6) is -1.88. The van der Waals surface area contributed by atoms with Gasteiger partial charge in [-0.15, -0.1) is 12.9 Å². The van der Waals surface area contributed by atoms with Crippen LogP contribution < -0.4 is 3.71 Å². The van der Waals surface area contributed by atoms with Crippen molar-refractivity contribution in [3.8, 4) is 0 Å². The molecule has 35 heavy (non-hydrogen) atoms. The first-order chi connectivity index (χ1) is 16.1. The first-order valence-corrected chi connectivity index (χ1v) is 14.3. The summed E-state index contributed by atoms with van der Waals surface area (Å²) in [5.41, 5.74) is 0.540. The molecular formula is C21H28F2N6O4S2. The Bertz CT molecular complexity index is 1430. The van der Waals surface area contributed by atoms with Crippen LogP contribution in [-0.2, 0) is 32.2 Å². The smallest absolute Gasteiger partial charge is 0.327 e. The Morgan fingerprint density at radius 1 is 1.14 bits per heavy atom. The molecule has 10 nitrogen and oxygen atoms in total. The van der Waals surface area contributed by atoms with Crippen molar-refractivity contribution in [1.29, 1.82) is 0 Å². The number of rotatable bonds is 6. The van der Waals surface area contributed by atoms with Crippen molar-refractivity contribution >= 4 is 37.0 Å². The largest absolute Gasteiger partial charge is 0.360 e. The molecule has 1 aliphatic rings. The van der Waals surface area contributed by atoms with Gasteiger partial charge in [0.25, 0.3) is 0 Å². The molecule has 1 fully saturated rings. The highest BCUT2D eigenvalue weighted by molar-refractivity contribution is 8.09. The molecule has 1 saturated carbocycles. The van der Waals surface area contributed by atoms with Gasteiger partial charge in [-0.3, -0.25) is 0 Å². The van der Waals surface area contributed by atoms with E-state index in [1.165, 1.54) is 12.1 Å². The van der Waals surface area contributed by atoms with Gasteiger partial charge < -0.3 is 4.57 Å². The number of anilines is 1. The van der Waals surface area contributed by atoms with Gasteiger partial charge in [-0.2, -0.15) is 8.42 Å². The number of alkyl halides is 2. The third kappa shape index (κ3) is 5.03. The van der Waals surface area contributed by atoms with Gasteiger partial charge in [0.15, 0.2) is 0 Å². The Kier molecular flexibility index (Phi) is 6.19. The van der Waals surface area contributed by atoms with Crippen molar-refractivity contribution in [2.75, 3.05) is 9.97 Å². The van der Waals surface area contributed by atoms with E-state index < -0.39 is 31.6 Å². The fraction of sp³-hybridized carbons (Fsp3) is 0.571. The summed E-state index contributed by atoms with van der Waals surface area (Å²) in [6, 6.07) is 4.39. The zero-order valence-electron chi connectivity index (χ0n) is 19.9. The van der Waals surface area contributed by atoms with E-state index in [9.17, 15) is 25.6 Å². The molecule has 192 valence electrons. The lowest BCUT2D eigenvalue weighted by Gasteiger charge is -2.30. The van der Waals surface area contributed by atoms with E-state index in [0.29, 0.717) is 40.3 Å². The third-order valence-corrected chi connectivity index (χ3v) is 9.52. The lowest BCUT2D eigenvalue weighted by atomic mass is 9.86. The fourth-order valence-corrected chi connectivity index (χ4v) is 7.36. The number of hydrogen-bond acceptors (Lipinski definition) is 7. The molecule has 2 heterocycles. The topological polar surface area (TPSA) is 120 Å². The molecule has 14 heteroatoms. The van der Waals surface area contributed by atoms with Crippen LogP contribution in [-0.4, -0.2) is 52.7 Å². The Labute approximate surface area is 203 Å². The van der Waals surface area contributed by atoms with Crippen LogP contribution in [0.25, 0.3) is 11.0 Å². The fourth-order valence-electron chi connectivity index (χ4n) is 4.42. The van der Waals surface area contributed by atoms with Crippen LogP contribution in [0.5, 0.6) is 0 Å². The predicted molar refractivity (Wildman–Crippen MR) is 127 cm³/mol. The van der Waals surface area contributed by atoms with E-state index in [4.69, 9.17) is 4.98 Å². The molecule has 0 N–H and O–H groups in total. The monoisotopic (exact) mass is 530 g/mol. The maximum absolute atomic E-state index is 13.7. The molecule has 0 unspecified atom stereocenters. The van der Waals surface area contributed by atoms with Gasteiger partial charge >= 0.3 is 10.2 Å². The van der Waals surface area contributed by atoms with Gasteiger partial charge in [0.2, 0.25) is 15.9 Å². The average molecular weight is 531 g/mol. The molecule has 0 aliphatic heterocycles. The summed E-state index contributed by atoms with van der Waals surface area (Å²) >= 11 is 0. The van der Waals surface area contributed by atoms with Crippen LogP contribution in [0.2, 0.25) is 0 Å². The number of hydrogen-bond donors (Lipinski definition) is 0. The highest BCUT2D eigenvalue weighted by Crippen LogP contribution is 2.38. The number of benzene rings is 1. The van der Waals surface area contributed by atoms with Crippen molar-refractivity contribution in [2.45, 2.75) is 64.3 Å². The first kappa shape index (κ1) is 25.5. The van der Waals surface area contributed by atoms with Crippen LogP contribution >= 0.6 is 0 Å². The van der Waals surface area contributed by atoms with Crippen LogP contribution in [0.3, 0.4) is 0 Å². The number of imidazole rings is 1. The zero-order valence-corrected chi connectivity index (χ0v) is 21.5. The predicted octanol–water partition coefficient (Wildman–Crippen LogP) is 3.31. The molecule has 0 saturated heterocycles. The quantitative estimate of drug-likeness (QED) is 0.479. The zero-order chi connectivity index (χ0) is 25.8. The summed E-state index contributed by atoms with van der Waals surface area (Å²) < 4.78 is 81.2. The van der Waals surface area contributed by atoms with E-state index in [-0.39, 0.29) is 28.2 Å². The summed E-state index contributed by atoms with van der Waals surface area (Å²) in [4.78, 5) is 8.30. The van der Waals surface area contributed by atoms with Gasteiger partial charge in [-0.25, -0.2) is 27.2 Å². The van der Waals surface area contributed by atoms with Crippen molar-refractivity contribution in [1.82, 2.24) is 23.7 Å². The second-order valence-corrected chi connectivity index (χ2v) is 13.7. The standard InChI is InChI=1S/C21H28F2N6O4S2/c1-20(2,3)19-26-17-11-16(29(34(4,30)31)35(32,33)28-14-24-13-25-28)5-6-18(17)27(19)12-15-7-9-21(22,23)10-8-15/h5-6,11,13-15H,7-10,12H2,1-4H3. The summed E-state index contributed by atoms with van der Waals surface area (Å²) in [5, 5.41) is 3.57. The van der Waals surface area contributed by atoms with Gasteiger partial charge in [0.05, 0.1) is 23.0 Å². The molecular weight excluding hydrogens is 502 g/mol. The van der Waals surface area contributed by atoms with E-state index in [0.717, 1.165) is 18.9 Å². The van der Waals surface area contributed by atoms with Crippen LogP contribution in [0, 0.1) is 5.92 Å². The number of sulfonamides is 1.